The first-order chi connectivity index (χ1) is 3.31. The zero-order valence-corrected chi connectivity index (χ0v) is 4.60. The van der Waals surface area contributed by atoms with Crippen molar-refractivity contribution in [2.75, 3.05) is 6.16 Å². The second-order valence-electron chi connectivity index (χ2n) is 0.886. The van der Waals surface area contributed by atoms with Gasteiger partial charge >= 0.3 is 8.03 Å². The van der Waals surface area contributed by atoms with E-state index < -0.39 is 8.03 Å². The van der Waals surface area contributed by atoms with E-state index >= 15 is 0 Å². The third-order valence-corrected chi connectivity index (χ3v) is 1.11. The molecule has 0 aromatic carbocycles. The maximum atomic E-state index is 10.0. The maximum absolute atomic E-state index is 10.0. The van der Waals surface area contributed by atoms with Crippen molar-refractivity contribution in [1.82, 2.24) is 0 Å². The van der Waals surface area contributed by atoms with Crippen LogP contribution in [0.5, 0.6) is 0 Å². The third-order valence-electron chi connectivity index (χ3n) is 0.369. The smallest absolute Gasteiger partial charge is 0.204 e. The predicted octanol–water partition coefficient (Wildman–Crippen LogP) is 1.40. The Kier molecular flexibility index (Phi) is 3.80. The van der Waals surface area contributed by atoms with Crippen molar-refractivity contribution >= 4 is 8.03 Å². The van der Waals surface area contributed by atoms with Crippen LogP contribution in [0.25, 0.3) is 0 Å². The molecule has 0 saturated heterocycles. The van der Waals surface area contributed by atoms with Gasteiger partial charge < -0.3 is 0 Å². The Labute approximate surface area is 42.4 Å². The number of hydrogen-bond donors (Lipinski definition) is 1. The van der Waals surface area contributed by atoms with Gasteiger partial charge in [-0.25, -0.2) is 5.26 Å². The summed E-state index contributed by atoms with van der Waals surface area (Å²) in [4.78, 5) is 0. The van der Waals surface area contributed by atoms with E-state index in [1.165, 1.54) is 6.08 Å². The Morgan fingerprint density at radius 1 is 2.00 bits per heavy atom. The van der Waals surface area contributed by atoms with Gasteiger partial charge in [-0.05, 0) is 10.6 Å². The average molecular weight is 121 g/mol. The Morgan fingerprint density at radius 3 is 2.71 bits per heavy atom. The minimum atomic E-state index is -1.89. The summed E-state index contributed by atoms with van der Waals surface area (Å²) in [5.41, 5.74) is 0. The highest BCUT2D eigenvalue weighted by molar-refractivity contribution is 7.39. The first-order valence-electron chi connectivity index (χ1n) is 1.68. The summed E-state index contributed by atoms with van der Waals surface area (Å²) >= 11 is 0. The molecular weight excluding hydrogens is 115 g/mol. The van der Waals surface area contributed by atoms with Gasteiger partial charge in [0.05, 0.1) is 0 Å². The topological polar surface area (TPSA) is 46.5 Å². The lowest BCUT2D eigenvalue weighted by molar-refractivity contribution is -0.129. The summed E-state index contributed by atoms with van der Waals surface area (Å²) in [7, 11) is -1.89. The highest BCUT2D eigenvalue weighted by atomic mass is 31.1. The largest absolute Gasteiger partial charge is 0.543 e. The summed E-state index contributed by atoms with van der Waals surface area (Å²) in [6.07, 6.45) is 1.61. The van der Waals surface area contributed by atoms with Crippen LogP contribution in [0, 0.1) is 0 Å². The van der Waals surface area contributed by atoms with Gasteiger partial charge in [-0.15, -0.1) is 0 Å². The van der Waals surface area contributed by atoms with E-state index in [1.54, 1.807) is 0 Å². The van der Waals surface area contributed by atoms with E-state index in [9.17, 15) is 4.57 Å². The molecular formula is C3H6O3P+. The van der Waals surface area contributed by atoms with Crippen LogP contribution in [-0.4, -0.2) is 11.4 Å². The fourth-order valence-electron chi connectivity index (χ4n) is 0.139. The van der Waals surface area contributed by atoms with Crippen LogP contribution < -0.4 is 0 Å². The maximum Gasteiger partial charge on any atom is 0.543 e. The molecule has 3 nitrogen and oxygen atoms in total. The van der Waals surface area contributed by atoms with Gasteiger partial charge in [0.15, 0.2) is 6.16 Å². The van der Waals surface area contributed by atoms with Crippen LogP contribution in [0.2, 0.25) is 0 Å². The molecule has 0 amide bonds. The molecule has 0 aliphatic rings. The van der Waals surface area contributed by atoms with Crippen molar-refractivity contribution in [2.24, 2.45) is 0 Å². The van der Waals surface area contributed by atoms with Gasteiger partial charge in [-0.2, -0.15) is 0 Å². The average Bonchev–Trinajstić information content (AvgIpc) is 1.68. The highest BCUT2D eigenvalue weighted by Gasteiger charge is 2.11. The lowest BCUT2D eigenvalue weighted by Gasteiger charge is -1.67. The molecule has 1 N–H and O–H groups in total. The molecule has 0 rings (SSSR count). The summed E-state index contributed by atoms with van der Waals surface area (Å²) in [6, 6.07) is 0. The lowest BCUT2D eigenvalue weighted by atomic mass is 10.8. The Bertz CT molecular complexity index is 80.2. The number of hydrogen-bond acceptors (Lipinski definition) is 3. The molecule has 0 radical (unpaired) electrons. The molecule has 0 saturated carbocycles. The van der Waals surface area contributed by atoms with Gasteiger partial charge in [0, 0.05) is 4.67 Å². The van der Waals surface area contributed by atoms with Crippen LogP contribution >= 0.6 is 8.03 Å². The van der Waals surface area contributed by atoms with E-state index in [0.29, 0.717) is 0 Å². The number of allylic oxidation sites excluding steroid dienone is 1. The molecule has 7 heavy (non-hydrogen) atoms. The summed E-state index contributed by atoms with van der Waals surface area (Å²) in [6.45, 7) is 3.27. The first-order valence-corrected chi connectivity index (χ1v) is 3.04. The van der Waals surface area contributed by atoms with Crippen molar-refractivity contribution in [3.63, 3.8) is 0 Å². The van der Waals surface area contributed by atoms with E-state index in [4.69, 9.17) is 5.26 Å². The Morgan fingerprint density at radius 2 is 2.57 bits per heavy atom. The van der Waals surface area contributed by atoms with Gasteiger partial charge in [-0.1, -0.05) is 6.58 Å². The molecule has 0 aromatic rings. The lowest BCUT2D eigenvalue weighted by Crippen LogP contribution is -1.70. The van der Waals surface area contributed by atoms with E-state index in [-0.39, 0.29) is 6.16 Å². The Balaban J connectivity index is 3.17. The van der Waals surface area contributed by atoms with Crippen molar-refractivity contribution < 1.29 is 14.5 Å². The van der Waals surface area contributed by atoms with Gasteiger partial charge in [-0.3, -0.25) is 0 Å². The van der Waals surface area contributed by atoms with Crippen LogP contribution in [0.15, 0.2) is 12.7 Å². The molecule has 0 aliphatic carbocycles. The molecule has 0 bridgehead atoms. The first kappa shape index (κ1) is 6.76. The van der Waals surface area contributed by atoms with E-state index in [2.05, 4.69) is 11.3 Å². The van der Waals surface area contributed by atoms with E-state index in [0.717, 1.165) is 0 Å². The zero-order chi connectivity index (χ0) is 5.70. The molecule has 1 unspecified atom stereocenters. The van der Waals surface area contributed by atoms with Crippen molar-refractivity contribution in [1.29, 1.82) is 0 Å². The fraction of sp³-hybridized carbons (Fsp3) is 0.333. The fourth-order valence-corrected chi connectivity index (χ4v) is 0.416. The summed E-state index contributed by atoms with van der Waals surface area (Å²) in [5, 5.41) is 7.63. The molecule has 0 heterocycles. The SMILES string of the molecule is C=CC[P+](=O)OO. The molecule has 0 aliphatic heterocycles. The van der Waals surface area contributed by atoms with Crippen molar-refractivity contribution in [3.8, 4) is 0 Å². The molecule has 0 aromatic heterocycles. The Hall–Kier alpha value is -0.240. The summed E-state index contributed by atoms with van der Waals surface area (Å²) in [5.74, 6) is 0. The van der Waals surface area contributed by atoms with Crippen LogP contribution in [0.1, 0.15) is 0 Å². The molecule has 1 atom stereocenters. The zero-order valence-electron chi connectivity index (χ0n) is 3.70. The standard InChI is InChI=1S/C3H5O3P/c1-2-3-7(5)6-4/h2H,1,3H2/p+1. The number of rotatable bonds is 3. The van der Waals surface area contributed by atoms with Gasteiger partial charge in [0.2, 0.25) is 0 Å². The van der Waals surface area contributed by atoms with Gasteiger partial charge in [0.25, 0.3) is 0 Å². The van der Waals surface area contributed by atoms with Crippen LogP contribution in [-0.2, 0) is 9.24 Å². The minimum Gasteiger partial charge on any atom is -0.204 e. The van der Waals surface area contributed by atoms with Crippen molar-refractivity contribution in [3.05, 3.63) is 12.7 Å². The van der Waals surface area contributed by atoms with Gasteiger partial charge in [0.1, 0.15) is 0 Å². The normalized spacial score (nSPS) is 10.7. The monoisotopic (exact) mass is 121 g/mol. The highest BCUT2D eigenvalue weighted by Crippen LogP contribution is 2.18. The summed E-state index contributed by atoms with van der Waals surface area (Å²) < 4.78 is 13.4. The molecule has 40 valence electrons. The predicted molar refractivity (Wildman–Crippen MR) is 26.4 cm³/mol. The third kappa shape index (κ3) is 3.59. The quantitative estimate of drug-likeness (QED) is 0.265. The molecule has 0 spiro atoms. The minimum absolute atomic E-state index is 0.200. The second-order valence-corrected chi connectivity index (χ2v) is 2.08. The van der Waals surface area contributed by atoms with Crippen LogP contribution in [0.3, 0.4) is 0 Å². The molecule has 0 fully saturated rings. The van der Waals surface area contributed by atoms with E-state index in [1.807, 2.05) is 0 Å². The van der Waals surface area contributed by atoms with Crippen LogP contribution in [0.4, 0.5) is 0 Å². The second kappa shape index (κ2) is 3.93. The van der Waals surface area contributed by atoms with Crippen molar-refractivity contribution in [2.45, 2.75) is 0 Å². The molecule has 4 heteroatoms.